The van der Waals surface area contributed by atoms with Crippen molar-refractivity contribution in [3.05, 3.63) is 29.8 Å². The summed E-state index contributed by atoms with van der Waals surface area (Å²) in [6.07, 6.45) is 0. The molecule has 1 aromatic rings. The number of carbonyl (C=O) groups excluding carboxylic acids is 1. The number of carbonyl (C=O) groups is 1. The van der Waals surface area contributed by atoms with E-state index in [-0.39, 0.29) is 12.5 Å². The van der Waals surface area contributed by atoms with Gasteiger partial charge in [-0.3, -0.25) is 4.79 Å². The van der Waals surface area contributed by atoms with Crippen molar-refractivity contribution in [1.82, 2.24) is 0 Å². The lowest BCUT2D eigenvalue weighted by Gasteiger charge is -2.02. The van der Waals surface area contributed by atoms with Crippen molar-refractivity contribution in [1.29, 1.82) is 0 Å². The highest BCUT2D eigenvalue weighted by Crippen LogP contribution is 2.07. The van der Waals surface area contributed by atoms with E-state index in [2.05, 4.69) is 17.3 Å². The first-order valence-corrected chi connectivity index (χ1v) is 4.08. The van der Waals surface area contributed by atoms with Crippen LogP contribution in [0.5, 0.6) is 0 Å². The second-order valence-electron chi connectivity index (χ2n) is 2.60. The van der Waals surface area contributed by atoms with Crippen LogP contribution in [0.1, 0.15) is 5.56 Å². The van der Waals surface area contributed by atoms with Gasteiger partial charge in [-0.25, -0.2) is 0 Å². The molecule has 0 aliphatic carbocycles. The van der Waals surface area contributed by atoms with E-state index >= 15 is 0 Å². The number of rotatable bonds is 2. The summed E-state index contributed by atoms with van der Waals surface area (Å²) in [7, 11) is 0. The van der Waals surface area contributed by atoms with Gasteiger partial charge in [0, 0.05) is 17.3 Å². The maximum absolute atomic E-state index is 10.9. The summed E-state index contributed by atoms with van der Waals surface area (Å²) in [4.78, 5) is 10.9. The largest absolute Gasteiger partial charge is 0.359 e. The van der Waals surface area contributed by atoms with Crippen LogP contribution in [0.4, 0.5) is 5.69 Å². The summed E-state index contributed by atoms with van der Waals surface area (Å²) in [5, 5.41) is 2.62. The van der Waals surface area contributed by atoms with Crippen LogP contribution in [0.2, 0.25) is 0 Å². The number of amides is 1. The molecule has 5 N–H and O–H groups in total. The molecule has 72 valence electrons. The van der Waals surface area contributed by atoms with Crippen LogP contribution in [0.15, 0.2) is 24.3 Å². The average molecular weight is 189 g/mol. The third-order valence-electron chi connectivity index (χ3n) is 1.57. The molecule has 0 aromatic heterocycles. The zero-order chi connectivity index (χ0) is 10.4. The van der Waals surface area contributed by atoms with E-state index in [0.717, 1.165) is 5.56 Å². The summed E-state index contributed by atoms with van der Waals surface area (Å²) in [6.45, 7) is -0.0235. The number of hydrogen-bond acceptors (Lipinski definition) is 3. The van der Waals surface area contributed by atoms with E-state index in [4.69, 9.17) is 11.5 Å². The van der Waals surface area contributed by atoms with Gasteiger partial charge < -0.3 is 16.8 Å². The predicted octanol–water partition coefficient (Wildman–Crippen LogP) is -0.149. The summed E-state index contributed by atoms with van der Waals surface area (Å²) >= 11 is 0. The first-order valence-electron chi connectivity index (χ1n) is 4.08. The Morgan fingerprint density at radius 3 is 2.50 bits per heavy atom. The van der Waals surface area contributed by atoms with Crippen LogP contribution in [0, 0.1) is 12.0 Å². The van der Waals surface area contributed by atoms with Gasteiger partial charge in [-0.15, -0.1) is 0 Å². The van der Waals surface area contributed by atoms with Crippen LogP contribution in [0.25, 0.3) is 0 Å². The molecule has 14 heavy (non-hydrogen) atoms. The highest BCUT2D eigenvalue weighted by atomic mass is 16.1. The molecule has 0 atom stereocenters. The van der Waals surface area contributed by atoms with Crippen LogP contribution in [0.3, 0.4) is 0 Å². The Labute approximate surface area is 82.3 Å². The maximum atomic E-state index is 10.9. The van der Waals surface area contributed by atoms with Gasteiger partial charge in [0.05, 0.1) is 6.54 Å². The number of hydrogen-bond donors (Lipinski definition) is 3. The third-order valence-corrected chi connectivity index (χ3v) is 1.57. The average Bonchev–Trinajstić information content (AvgIpc) is 2.21. The van der Waals surface area contributed by atoms with Crippen molar-refractivity contribution < 1.29 is 4.79 Å². The van der Waals surface area contributed by atoms with Crippen molar-refractivity contribution in [3.63, 3.8) is 0 Å². The smallest absolute Gasteiger partial charge is 0.238 e. The minimum atomic E-state index is -0.220. The number of anilines is 1. The van der Waals surface area contributed by atoms with E-state index < -0.39 is 0 Å². The topological polar surface area (TPSA) is 81.1 Å². The number of benzene rings is 1. The normalized spacial score (nSPS) is 8.64. The minimum Gasteiger partial charge on any atom is -0.359 e. The van der Waals surface area contributed by atoms with E-state index in [1.165, 1.54) is 0 Å². The monoisotopic (exact) mass is 189 g/mol. The molecular formula is C10H11N3O. The van der Waals surface area contributed by atoms with Crippen LogP contribution in [-0.4, -0.2) is 12.5 Å². The van der Waals surface area contributed by atoms with Crippen molar-refractivity contribution >= 4 is 11.6 Å². The van der Waals surface area contributed by atoms with Gasteiger partial charge in [-0.2, -0.15) is 0 Å². The molecule has 4 nitrogen and oxygen atoms in total. The molecule has 1 amide bonds. The Kier molecular flexibility index (Phi) is 3.53. The lowest BCUT2D eigenvalue weighted by Crippen LogP contribution is -2.21. The zero-order valence-corrected chi connectivity index (χ0v) is 7.58. The molecule has 0 aliphatic rings. The van der Waals surface area contributed by atoms with Crippen LogP contribution >= 0.6 is 0 Å². The summed E-state index contributed by atoms with van der Waals surface area (Å²) in [6, 6.07) is 9.32. The van der Waals surface area contributed by atoms with Gasteiger partial charge in [0.1, 0.15) is 0 Å². The molecule has 1 rings (SSSR count). The molecule has 0 heterocycles. The Balaban J connectivity index is 2.72. The summed E-state index contributed by atoms with van der Waals surface area (Å²) in [5.41, 5.74) is 11.7. The number of nitrogens with one attached hydrogen (secondary N) is 1. The summed E-state index contributed by atoms with van der Waals surface area (Å²) < 4.78 is 0. The zero-order valence-electron chi connectivity index (χ0n) is 7.58. The van der Waals surface area contributed by atoms with Gasteiger partial charge in [-0.1, -0.05) is 0 Å². The number of nitrogens with two attached hydrogens (primary N) is 2. The van der Waals surface area contributed by atoms with Crippen molar-refractivity contribution in [2.45, 2.75) is 0 Å². The van der Waals surface area contributed by atoms with Crippen molar-refractivity contribution in [3.8, 4) is 12.0 Å². The maximum Gasteiger partial charge on any atom is 0.238 e. The van der Waals surface area contributed by atoms with Gasteiger partial charge in [-0.05, 0) is 30.2 Å². The van der Waals surface area contributed by atoms with Gasteiger partial charge >= 0.3 is 0 Å². The Morgan fingerprint density at radius 2 is 2.00 bits per heavy atom. The van der Waals surface area contributed by atoms with Crippen molar-refractivity contribution in [2.24, 2.45) is 11.5 Å². The molecule has 0 saturated heterocycles. The van der Waals surface area contributed by atoms with Gasteiger partial charge in [0.2, 0.25) is 5.91 Å². The Morgan fingerprint density at radius 1 is 1.36 bits per heavy atom. The highest BCUT2D eigenvalue weighted by molar-refractivity contribution is 5.92. The fraction of sp³-hybridized carbons (Fsp3) is 0.100. The first-order chi connectivity index (χ1) is 6.76. The molecule has 0 aliphatic heterocycles. The molecule has 4 heteroatoms. The molecule has 0 radical (unpaired) electrons. The first kappa shape index (κ1) is 10.1. The SMILES string of the molecule is NC#Cc1ccc(NC(=O)CN)cc1. The molecule has 0 fully saturated rings. The van der Waals surface area contributed by atoms with Crippen molar-refractivity contribution in [2.75, 3.05) is 11.9 Å². The quantitative estimate of drug-likeness (QED) is 0.447. The standard InChI is InChI=1S/C10H11N3O/c11-6-5-8-1-3-9(4-2-8)13-10(14)7-12/h1-4H,7,11-12H2,(H,13,14). The molecule has 0 saturated carbocycles. The van der Waals surface area contributed by atoms with Crippen LogP contribution < -0.4 is 16.8 Å². The molecule has 0 spiro atoms. The van der Waals surface area contributed by atoms with E-state index in [0.29, 0.717) is 5.69 Å². The lowest BCUT2D eigenvalue weighted by atomic mass is 10.2. The molecule has 1 aromatic carbocycles. The Hall–Kier alpha value is -1.99. The van der Waals surface area contributed by atoms with Gasteiger partial charge in [0.25, 0.3) is 0 Å². The third kappa shape index (κ3) is 2.81. The fourth-order valence-corrected chi connectivity index (χ4v) is 0.932. The summed E-state index contributed by atoms with van der Waals surface area (Å²) in [5.74, 6) is 2.47. The van der Waals surface area contributed by atoms with E-state index in [9.17, 15) is 4.79 Å². The predicted molar refractivity (Wildman–Crippen MR) is 55.2 cm³/mol. The second kappa shape index (κ2) is 4.90. The van der Waals surface area contributed by atoms with E-state index in [1.807, 2.05) is 0 Å². The van der Waals surface area contributed by atoms with E-state index in [1.54, 1.807) is 24.3 Å². The molecular weight excluding hydrogens is 178 g/mol. The highest BCUT2D eigenvalue weighted by Gasteiger charge is 1.97. The second-order valence-corrected chi connectivity index (χ2v) is 2.60. The minimum absolute atomic E-state index is 0.0235. The fourth-order valence-electron chi connectivity index (χ4n) is 0.932. The van der Waals surface area contributed by atoms with Crippen LogP contribution in [-0.2, 0) is 4.79 Å². The molecule has 0 unspecified atom stereocenters. The van der Waals surface area contributed by atoms with Gasteiger partial charge in [0.15, 0.2) is 0 Å². The lowest BCUT2D eigenvalue weighted by molar-refractivity contribution is -0.114. The Bertz CT molecular complexity index is 373. The molecule has 0 bridgehead atoms.